The highest BCUT2D eigenvalue weighted by Gasteiger charge is 2.22. The molecule has 1 saturated heterocycles. The van der Waals surface area contributed by atoms with E-state index < -0.39 is 0 Å². The molecule has 0 spiro atoms. The van der Waals surface area contributed by atoms with E-state index in [4.69, 9.17) is 9.47 Å². The Morgan fingerprint density at radius 1 is 1.12 bits per heavy atom. The van der Waals surface area contributed by atoms with Crippen molar-refractivity contribution in [3.8, 4) is 22.6 Å². The largest absolute Gasteiger partial charge is 0.490 e. The molecule has 0 amide bonds. The van der Waals surface area contributed by atoms with E-state index in [1.165, 1.54) is 0 Å². The highest BCUT2D eigenvalue weighted by Crippen LogP contribution is 2.39. The van der Waals surface area contributed by atoms with Crippen molar-refractivity contribution in [3.63, 3.8) is 0 Å². The van der Waals surface area contributed by atoms with Gasteiger partial charge in [-0.2, -0.15) is 0 Å². The first kappa shape index (κ1) is 21.1. The van der Waals surface area contributed by atoms with Crippen molar-refractivity contribution in [2.75, 3.05) is 30.5 Å². The zero-order chi connectivity index (χ0) is 21.9. The molecule has 0 atom stereocenters. The second-order valence-electron chi connectivity index (χ2n) is 8.16. The third kappa shape index (κ3) is 4.53. The van der Waals surface area contributed by atoms with Gasteiger partial charge in [-0.25, -0.2) is 14.4 Å². The Labute approximate surface area is 192 Å². The first-order valence-corrected chi connectivity index (χ1v) is 12.1. The highest BCUT2D eigenvalue weighted by molar-refractivity contribution is 7.99. The summed E-state index contributed by atoms with van der Waals surface area (Å²) in [6, 6.07) is 13.1. The van der Waals surface area contributed by atoms with Crippen molar-refractivity contribution in [2.24, 2.45) is 5.92 Å². The van der Waals surface area contributed by atoms with Crippen molar-refractivity contribution in [1.29, 1.82) is 0 Å². The summed E-state index contributed by atoms with van der Waals surface area (Å²) in [5.41, 5.74) is 2.82. The summed E-state index contributed by atoms with van der Waals surface area (Å²) in [6.45, 7) is 4.40. The molecule has 0 saturated carbocycles. The Morgan fingerprint density at radius 3 is 2.75 bits per heavy atom. The molecular formula is C25H26FN3O2S. The van der Waals surface area contributed by atoms with Crippen LogP contribution >= 0.6 is 11.8 Å². The number of piperidine rings is 1. The van der Waals surface area contributed by atoms with E-state index in [1.807, 2.05) is 36.5 Å². The number of rotatable bonds is 6. The van der Waals surface area contributed by atoms with Crippen LogP contribution in [0.4, 0.5) is 10.3 Å². The molecule has 0 N–H and O–H groups in total. The third-order valence-electron chi connectivity index (χ3n) is 6.07. The van der Waals surface area contributed by atoms with E-state index >= 15 is 0 Å². The smallest absolute Gasteiger partial charge is 0.225 e. The summed E-state index contributed by atoms with van der Waals surface area (Å²) in [7, 11) is 0. The van der Waals surface area contributed by atoms with Crippen LogP contribution in [0.25, 0.3) is 11.1 Å². The number of fused-ring (bicyclic) bond motifs is 1. The van der Waals surface area contributed by atoms with Gasteiger partial charge in [-0.1, -0.05) is 30.8 Å². The first-order chi connectivity index (χ1) is 15.7. The van der Waals surface area contributed by atoms with E-state index in [0.717, 1.165) is 65.8 Å². The second-order valence-corrected chi connectivity index (χ2v) is 9.12. The van der Waals surface area contributed by atoms with Gasteiger partial charge in [-0.15, -0.1) is 0 Å². The number of aryl methyl sites for hydroxylation is 1. The van der Waals surface area contributed by atoms with Crippen LogP contribution in [0.2, 0.25) is 0 Å². The predicted molar refractivity (Wildman–Crippen MR) is 125 cm³/mol. The lowest BCUT2D eigenvalue weighted by atomic mass is 9.98. The standard InChI is InChI=1S/C25H26FN3O2S/c1-2-20-7-10-27-25(28-20)29-11-8-17(9-12-29)15-30-22-5-3-18(13-21(22)26)19-4-6-24-23(14-19)31-16-32-24/h3-7,10,13-14,17H,2,8-9,11-12,15-16H2,1H3. The lowest BCUT2D eigenvalue weighted by Gasteiger charge is -2.32. The molecule has 0 aliphatic carbocycles. The van der Waals surface area contributed by atoms with Gasteiger partial charge in [0.15, 0.2) is 11.6 Å². The lowest BCUT2D eigenvalue weighted by molar-refractivity contribution is 0.215. The fraction of sp³-hybridized carbons (Fsp3) is 0.360. The molecule has 3 aromatic rings. The Morgan fingerprint density at radius 2 is 1.94 bits per heavy atom. The Bertz CT molecular complexity index is 1100. The minimum atomic E-state index is -0.333. The summed E-state index contributed by atoms with van der Waals surface area (Å²) >= 11 is 1.67. The van der Waals surface area contributed by atoms with Gasteiger partial charge in [0.25, 0.3) is 0 Å². The third-order valence-corrected chi connectivity index (χ3v) is 6.96. The summed E-state index contributed by atoms with van der Waals surface area (Å²) in [5, 5.41) is 0. The van der Waals surface area contributed by atoms with Gasteiger partial charge in [0.2, 0.25) is 5.95 Å². The van der Waals surface area contributed by atoms with Gasteiger partial charge in [-0.05, 0) is 66.6 Å². The van der Waals surface area contributed by atoms with E-state index in [2.05, 4.69) is 21.8 Å². The molecule has 5 rings (SSSR count). The van der Waals surface area contributed by atoms with Crippen molar-refractivity contribution in [2.45, 2.75) is 31.1 Å². The normalized spacial score (nSPS) is 16.0. The van der Waals surface area contributed by atoms with Crippen LogP contribution < -0.4 is 14.4 Å². The van der Waals surface area contributed by atoms with Gasteiger partial charge in [0.1, 0.15) is 11.7 Å². The number of thioether (sulfide) groups is 1. The van der Waals surface area contributed by atoms with Crippen LogP contribution in [0.3, 0.4) is 0 Å². The van der Waals surface area contributed by atoms with Gasteiger partial charge in [-0.3, -0.25) is 0 Å². The van der Waals surface area contributed by atoms with Crippen molar-refractivity contribution < 1.29 is 13.9 Å². The zero-order valence-corrected chi connectivity index (χ0v) is 18.9. The summed E-state index contributed by atoms with van der Waals surface area (Å²) < 4.78 is 26.2. The van der Waals surface area contributed by atoms with Crippen LogP contribution in [-0.4, -0.2) is 35.6 Å². The fourth-order valence-electron chi connectivity index (χ4n) is 4.11. The Hall–Kier alpha value is -2.80. The number of anilines is 1. The summed E-state index contributed by atoms with van der Waals surface area (Å²) in [4.78, 5) is 12.4. The maximum atomic E-state index is 14.7. The molecule has 1 aromatic heterocycles. The van der Waals surface area contributed by atoms with Gasteiger partial charge >= 0.3 is 0 Å². The number of benzene rings is 2. The first-order valence-electron chi connectivity index (χ1n) is 11.1. The Balaban J connectivity index is 1.17. The van der Waals surface area contributed by atoms with Gasteiger partial charge in [0.05, 0.1) is 11.5 Å². The molecule has 32 heavy (non-hydrogen) atoms. The molecule has 5 nitrogen and oxygen atoms in total. The van der Waals surface area contributed by atoms with E-state index in [0.29, 0.717) is 24.2 Å². The number of halogens is 1. The quantitative estimate of drug-likeness (QED) is 0.487. The lowest BCUT2D eigenvalue weighted by Crippen LogP contribution is -2.36. The van der Waals surface area contributed by atoms with Crippen LogP contribution in [-0.2, 0) is 6.42 Å². The monoisotopic (exact) mass is 451 g/mol. The number of hydrogen-bond donors (Lipinski definition) is 0. The van der Waals surface area contributed by atoms with Gasteiger partial charge in [0, 0.05) is 25.0 Å². The molecule has 2 aromatic carbocycles. The summed E-state index contributed by atoms with van der Waals surface area (Å²) in [6.07, 6.45) is 4.69. The molecule has 2 aliphatic heterocycles. The number of hydrogen-bond acceptors (Lipinski definition) is 6. The Kier molecular flexibility index (Phi) is 6.17. The zero-order valence-electron chi connectivity index (χ0n) is 18.1. The van der Waals surface area contributed by atoms with Crippen LogP contribution in [0.1, 0.15) is 25.5 Å². The topological polar surface area (TPSA) is 47.5 Å². The van der Waals surface area contributed by atoms with Crippen LogP contribution in [0.15, 0.2) is 53.6 Å². The molecule has 166 valence electrons. The minimum absolute atomic E-state index is 0.308. The van der Waals surface area contributed by atoms with Crippen LogP contribution in [0, 0.1) is 11.7 Å². The van der Waals surface area contributed by atoms with Crippen molar-refractivity contribution in [3.05, 3.63) is 60.2 Å². The average Bonchev–Trinajstić information content (AvgIpc) is 3.31. The minimum Gasteiger partial charge on any atom is -0.490 e. The maximum absolute atomic E-state index is 14.7. The molecule has 0 unspecified atom stereocenters. The molecule has 7 heteroatoms. The van der Waals surface area contributed by atoms with Crippen molar-refractivity contribution in [1.82, 2.24) is 9.97 Å². The van der Waals surface area contributed by atoms with Crippen LogP contribution in [0.5, 0.6) is 11.5 Å². The van der Waals surface area contributed by atoms with E-state index in [9.17, 15) is 4.39 Å². The molecule has 1 fully saturated rings. The molecule has 0 bridgehead atoms. The number of aromatic nitrogens is 2. The predicted octanol–water partition coefficient (Wildman–Crippen LogP) is 5.58. The molecule has 2 aliphatic rings. The number of nitrogens with zero attached hydrogens (tertiary/aromatic N) is 3. The molecule has 0 radical (unpaired) electrons. The number of ether oxygens (including phenoxy) is 2. The highest BCUT2D eigenvalue weighted by atomic mass is 32.2. The van der Waals surface area contributed by atoms with E-state index in [-0.39, 0.29) is 5.82 Å². The fourth-order valence-corrected chi connectivity index (χ4v) is 4.85. The molecular weight excluding hydrogens is 425 g/mol. The van der Waals surface area contributed by atoms with E-state index in [1.54, 1.807) is 23.9 Å². The molecule has 3 heterocycles. The van der Waals surface area contributed by atoms with Crippen molar-refractivity contribution >= 4 is 17.7 Å². The summed E-state index contributed by atoms with van der Waals surface area (Å²) in [5.74, 6) is 2.68. The average molecular weight is 452 g/mol. The SMILES string of the molecule is CCc1ccnc(N2CCC(COc3ccc(-c4ccc5c(c4)OCS5)cc3F)CC2)n1. The van der Waals surface area contributed by atoms with Gasteiger partial charge < -0.3 is 14.4 Å². The second kappa shape index (κ2) is 9.36. The maximum Gasteiger partial charge on any atom is 0.225 e.